The van der Waals surface area contributed by atoms with Crippen LogP contribution in [0.3, 0.4) is 0 Å². The maximum absolute atomic E-state index is 11.4. The van der Waals surface area contributed by atoms with E-state index < -0.39 is 17.4 Å². The second-order valence-electron chi connectivity index (χ2n) is 3.33. The molecule has 2 aromatic rings. The molecule has 1 aromatic heterocycles. The van der Waals surface area contributed by atoms with Crippen LogP contribution in [-0.2, 0) is 0 Å². The molecular formula is C11H8O5. The van der Waals surface area contributed by atoms with Crippen molar-refractivity contribution in [2.75, 3.05) is 0 Å². The summed E-state index contributed by atoms with van der Waals surface area (Å²) in [4.78, 5) is 22.7. The molecule has 0 radical (unpaired) electrons. The molecule has 2 rings (SSSR count). The molecule has 0 unspecified atom stereocenters. The summed E-state index contributed by atoms with van der Waals surface area (Å²) in [7, 11) is 0. The molecule has 0 aliphatic rings. The molecule has 16 heavy (non-hydrogen) atoms. The van der Waals surface area contributed by atoms with Crippen LogP contribution in [0, 0.1) is 0 Å². The number of hydrogen-bond donors (Lipinski definition) is 2. The van der Waals surface area contributed by atoms with Gasteiger partial charge in [0.2, 0.25) is 0 Å². The molecule has 1 aromatic carbocycles. The fraction of sp³-hybridized carbons (Fsp3) is 0.0909. The van der Waals surface area contributed by atoms with Gasteiger partial charge in [-0.2, -0.15) is 0 Å². The average molecular weight is 220 g/mol. The Morgan fingerprint density at radius 1 is 1.31 bits per heavy atom. The number of carbonyl (C=O) groups is 1. The predicted octanol–water partition coefficient (Wildman–Crippen LogP) is 1.41. The highest BCUT2D eigenvalue weighted by Gasteiger charge is 2.19. The average Bonchev–Trinajstić information content (AvgIpc) is 2.19. The Kier molecular flexibility index (Phi) is 2.16. The van der Waals surface area contributed by atoms with Gasteiger partial charge in [-0.3, -0.25) is 4.79 Å². The minimum Gasteiger partial charge on any atom is -0.507 e. The summed E-state index contributed by atoms with van der Waals surface area (Å²) in [6.07, 6.45) is 0. The van der Waals surface area contributed by atoms with Crippen LogP contribution >= 0.6 is 0 Å². The summed E-state index contributed by atoms with van der Waals surface area (Å²) in [5, 5.41) is 19.1. The van der Waals surface area contributed by atoms with Gasteiger partial charge in [-0.05, 0) is 19.1 Å². The van der Waals surface area contributed by atoms with Crippen molar-refractivity contribution in [3.63, 3.8) is 0 Å². The lowest BCUT2D eigenvalue weighted by atomic mass is 10.0. The largest absolute Gasteiger partial charge is 0.507 e. The third-order valence-corrected chi connectivity index (χ3v) is 2.27. The minimum absolute atomic E-state index is 0.0174. The van der Waals surface area contributed by atoms with E-state index in [1.807, 2.05) is 0 Å². The van der Waals surface area contributed by atoms with Crippen LogP contribution in [0.25, 0.3) is 10.8 Å². The van der Waals surface area contributed by atoms with Crippen molar-refractivity contribution in [2.24, 2.45) is 0 Å². The smallest absolute Gasteiger partial charge is 0.346 e. The SMILES string of the molecule is CC(=O)c1c(O)oc(=O)c2cccc(O)c12. The van der Waals surface area contributed by atoms with Crippen molar-refractivity contribution in [1.29, 1.82) is 0 Å². The number of phenolic OH excluding ortho intramolecular Hbond substituents is 1. The van der Waals surface area contributed by atoms with Gasteiger partial charge in [-0.1, -0.05) is 6.07 Å². The molecule has 5 heteroatoms. The summed E-state index contributed by atoms with van der Waals surface area (Å²) in [6.45, 7) is 1.21. The van der Waals surface area contributed by atoms with Crippen molar-refractivity contribution in [3.8, 4) is 11.7 Å². The molecule has 0 fully saturated rings. The summed E-state index contributed by atoms with van der Waals surface area (Å²) in [5.74, 6) is -1.51. The molecular weight excluding hydrogens is 212 g/mol. The molecule has 2 N–H and O–H groups in total. The van der Waals surface area contributed by atoms with Gasteiger partial charge in [0.05, 0.1) is 5.39 Å². The summed E-state index contributed by atoms with van der Waals surface area (Å²) in [6, 6.07) is 4.19. The number of fused-ring (bicyclic) bond motifs is 1. The topological polar surface area (TPSA) is 87.7 Å². The number of Topliss-reactive ketones (excluding diaryl/α,β-unsaturated/α-hetero) is 1. The van der Waals surface area contributed by atoms with Crippen molar-refractivity contribution in [1.82, 2.24) is 0 Å². The molecule has 1 heterocycles. The molecule has 0 bridgehead atoms. The Bertz CT molecular complexity index is 639. The third-order valence-electron chi connectivity index (χ3n) is 2.27. The van der Waals surface area contributed by atoms with E-state index in [2.05, 4.69) is 4.42 Å². The second kappa shape index (κ2) is 3.37. The third kappa shape index (κ3) is 1.33. The molecule has 82 valence electrons. The van der Waals surface area contributed by atoms with E-state index in [4.69, 9.17) is 0 Å². The van der Waals surface area contributed by atoms with Gasteiger partial charge in [-0.15, -0.1) is 0 Å². The highest BCUT2D eigenvalue weighted by Crippen LogP contribution is 2.31. The first-order chi connectivity index (χ1) is 7.52. The first kappa shape index (κ1) is 10.2. The Balaban J connectivity index is 3.10. The first-order valence-electron chi connectivity index (χ1n) is 4.51. The molecule has 5 nitrogen and oxygen atoms in total. The number of benzene rings is 1. The number of carbonyl (C=O) groups excluding carboxylic acids is 1. The van der Waals surface area contributed by atoms with E-state index in [0.717, 1.165) is 0 Å². The van der Waals surface area contributed by atoms with E-state index >= 15 is 0 Å². The number of aromatic hydroxyl groups is 2. The second-order valence-corrected chi connectivity index (χ2v) is 3.33. The van der Waals surface area contributed by atoms with Crippen LogP contribution in [-0.4, -0.2) is 16.0 Å². The monoisotopic (exact) mass is 220 g/mol. The Labute approximate surface area is 89.6 Å². The predicted molar refractivity (Wildman–Crippen MR) is 55.8 cm³/mol. The molecule has 0 spiro atoms. The van der Waals surface area contributed by atoms with Crippen LogP contribution in [0.15, 0.2) is 27.4 Å². The van der Waals surface area contributed by atoms with Crippen LogP contribution < -0.4 is 5.63 Å². The van der Waals surface area contributed by atoms with Gasteiger partial charge in [0.25, 0.3) is 5.95 Å². The fourth-order valence-electron chi connectivity index (χ4n) is 1.60. The number of ketones is 1. The van der Waals surface area contributed by atoms with Gasteiger partial charge in [0, 0.05) is 5.39 Å². The Morgan fingerprint density at radius 2 is 2.00 bits per heavy atom. The molecule has 0 amide bonds. The highest BCUT2D eigenvalue weighted by atomic mass is 16.5. The van der Waals surface area contributed by atoms with Gasteiger partial charge in [-0.25, -0.2) is 4.79 Å². The number of phenols is 1. The lowest BCUT2D eigenvalue weighted by molar-refractivity contribution is 0.101. The zero-order valence-corrected chi connectivity index (χ0v) is 8.35. The lowest BCUT2D eigenvalue weighted by Crippen LogP contribution is -2.05. The zero-order chi connectivity index (χ0) is 11.9. The van der Waals surface area contributed by atoms with Crippen LogP contribution in [0.1, 0.15) is 17.3 Å². The van der Waals surface area contributed by atoms with Crippen LogP contribution in [0.5, 0.6) is 11.7 Å². The molecule has 0 saturated heterocycles. The summed E-state index contributed by atoms with van der Waals surface area (Å²) in [5.41, 5.74) is -0.985. The quantitative estimate of drug-likeness (QED) is 0.709. The minimum atomic E-state index is -0.798. The van der Waals surface area contributed by atoms with Crippen molar-refractivity contribution in [2.45, 2.75) is 6.92 Å². The van der Waals surface area contributed by atoms with Gasteiger partial charge < -0.3 is 14.6 Å². The standard InChI is InChI=1S/C11H8O5/c1-5(12)8-9-6(3-2-4-7(9)13)10(14)16-11(8)15/h2-4,13,15H,1H3. The molecule has 0 aliphatic carbocycles. The normalized spacial score (nSPS) is 10.6. The van der Waals surface area contributed by atoms with E-state index in [0.29, 0.717) is 0 Å². The van der Waals surface area contributed by atoms with Crippen LogP contribution in [0.2, 0.25) is 0 Å². The highest BCUT2D eigenvalue weighted by molar-refractivity contribution is 6.10. The Hall–Kier alpha value is -2.30. The lowest BCUT2D eigenvalue weighted by Gasteiger charge is -2.05. The van der Waals surface area contributed by atoms with Crippen LogP contribution in [0.4, 0.5) is 0 Å². The maximum Gasteiger partial charge on any atom is 0.346 e. The summed E-state index contributed by atoms with van der Waals surface area (Å²) < 4.78 is 4.51. The van der Waals surface area contributed by atoms with E-state index in [1.54, 1.807) is 0 Å². The number of rotatable bonds is 1. The summed E-state index contributed by atoms with van der Waals surface area (Å²) >= 11 is 0. The van der Waals surface area contributed by atoms with E-state index in [9.17, 15) is 19.8 Å². The molecule has 0 aliphatic heterocycles. The first-order valence-corrected chi connectivity index (χ1v) is 4.51. The van der Waals surface area contributed by atoms with E-state index in [1.165, 1.54) is 25.1 Å². The zero-order valence-electron chi connectivity index (χ0n) is 8.35. The van der Waals surface area contributed by atoms with E-state index in [-0.39, 0.29) is 22.1 Å². The van der Waals surface area contributed by atoms with Gasteiger partial charge >= 0.3 is 5.63 Å². The van der Waals surface area contributed by atoms with Crippen molar-refractivity contribution >= 4 is 16.6 Å². The Morgan fingerprint density at radius 3 is 2.62 bits per heavy atom. The molecule has 0 saturated carbocycles. The van der Waals surface area contributed by atoms with Crippen molar-refractivity contribution < 1.29 is 19.4 Å². The molecule has 0 atom stereocenters. The van der Waals surface area contributed by atoms with Gasteiger partial charge in [0.15, 0.2) is 5.78 Å². The van der Waals surface area contributed by atoms with Crippen molar-refractivity contribution in [3.05, 3.63) is 34.2 Å². The van der Waals surface area contributed by atoms with Gasteiger partial charge in [0.1, 0.15) is 11.3 Å². The maximum atomic E-state index is 11.4. The number of hydrogen-bond acceptors (Lipinski definition) is 5. The fourth-order valence-corrected chi connectivity index (χ4v) is 1.60.